The summed E-state index contributed by atoms with van der Waals surface area (Å²) in [6.45, 7) is 1.42. The van der Waals surface area contributed by atoms with Crippen LogP contribution < -0.4 is 23.0 Å². The number of pyridine rings is 1. The van der Waals surface area contributed by atoms with Crippen molar-refractivity contribution in [3.63, 3.8) is 0 Å². The molecule has 1 aromatic carbocycles. The van der Waals surface area contributed by atoms with E-state index in [1.54, 1.807) is 31.2 Å². The lowest BCUT2D eigenvalue weighted by Gasteiger charge is -2.14. The monoisotopic (exact) mass is 478 g/mol. The maximum atomic E-state index is 14.8. The van der Waals surface area contributed by atoms with Crippen molar-refractivity contribution in [2.24, 2.45) is 5.73 Å². The smallest absolute Gasteiger partial charge is 0.414 e. The molecule has 0 saturated carbocycles. The molecule has 1 aliphatic rings. The van der Waals surface area contributed by atoms with Gasteiger partial charge in [0.1, 0.15) is 18.1 Å². The summed E-state index contributed by atoms with van der Waals surface area (Å²) in [6.07, 6.45) is 0.191. The number of esters is 1. The number of amides is 1. The Morgan fingerprint density at radius 2 is 2.09 bits per heavy atom. The highest BCUT2D eigenvalue weighted by molar-refractivity contribution is 5.90. The van der Waals surface area contributed by atoms with E-state index in [2.05, 4.69) is 15.2 Å². The first-order valence-corrected chi connectivity index (χ1v) is 9.35. The predicted octanol–water partition coefficient (Wildman–Crippen LogP) is -0.287. The van der Waals surface area contributed by atoms with Gasteiger partial charge in [-0.1, -0.05) is 13.5 Å². The number of rotatable bonds is 6. The van der Waals surface area contributed by atoms with Crippen LogP contribution in [0.3, 0.4) is 0 Å². The number of cyclic esters (lactones) is 1. The number of hydrogen-bond donors (Lipinski definition) is 1. The van der Waals surface area contributed by atoms with Gasteiger partial charge in [0.05, 0.1) is 18.8 Å². The molecule has 1 saturated heterocycles. The van der Waals surface area contributed by atoms with Gasteiger partial charge in [0, 0.05) is 24.2 Å². The average Bonchev–Trinajstić information content (AvgIpc) is 3.37. The van der Waals surface area contributed by atoms with E-state index in [4.69, 9.17) is 19.6 Å². The van der Waals surface area contributed by atoms with Gasteiger partial charge < -0.3 is 32.0 Å². The fraction of sp³-hybridized carbons (Fsp3) is 0.286. The number of anilines is 1. The molecule has 12 heteroatoms. The van der Waals surface area contributed by atoms with Crippen LogP contribution in [0.15, 0.2) is 40.9 Å². The summed E-state index contributed by atoms with van der Waals surface area (Å²) in [6, 6.07) is 7.73. The Balaban J connectivity index is 0.00000193. The van der Waals surface area contributed by atoms with Crippen molar-refractivity contribution >= 4 is 17.7 Å². The molecule has 1 fully saturated rings. The van der Waals surface area contributed by atoms with Crippen LogP contribution in [-0.2, 0) is 14.3 Å². The number of nitrogens with zero attached hydrogens (tertiary/aromatic N) is 4. The predicted molar refractivity (Wildman–Crippen MR) is 112 cm³/mol. The second-order valence-corrected chi connectivity index (χ2v) is 6.73. The van der Waals surface area contributed by atoms with Gasteiger partial charge in [-0.25, -0.2) is 9.18 Å². The fourth-order valence-corrected chi connectivity index (χ4v) is 3.05. The van der Waals surface area contributed by atoms with E-state index in [9.17, 15) is 14.0 Å². The Kier molecular flexibility index (Phi) is 8.44. The topological polar surface area (TPSA) is 134 Å². The van der Waals surface area contributed by atoms with Crippen LogP contribution >= 0.6 is 0 Å². The molecule has 4 rings (SSSR count). The summed E-state index contributed by atoms with van der Waals surface area (Å²) in [7, 11) is 0. The average molecular weight is 479 g/mol. The van der Waals surface area contributed by atoms with E-state index >= 15 is 0 Å². The van der Waals surface area contributed by atoms with Crippen LogP contribution in [0.1, 0.15) is 13.3 Å². The zero-order valence-corrected chi connectivity index (χ0v) is 17.6. The quantitative estimate of drug-likeness (QED) is 0.474. The lowest BCUT2D eigenvalue weighted by molar-refractivity contribution is -0.144. The molecule has 176 valence electrons. The van der Waals surface area contributed by atoms with Crippen molar-refractivity contribution in [1.29, 1.82) is 0 Å². The molecule has 0 aliphatic carbocycles. The Morgan fingerprint density at radius 1 is 1.30 bits per heavy atom. The maximum absolute atomic E-state index is 14.8. The van der Waals surface area contributed by atoms with Crippen LogP contribution in [0.25, 0.3) is 22.7 Å². The van der Waals surface area contributed by atoms with Crippen molar-refractivity contribution < 1.29 is 40.3 Å². The number of aryl methyl sites for hydroxylation is 1. The molecule has 2 N–H and O–H groups in total. The molecule has 33 heavy (non-hydrogen) atoms. The van der Waals surface area contributed by atoms with Crippen molar-refractivity contribution in [2.75, 3.05) is 24.6 Å². The lowest BCUT2D eigenvalue weighted by Crippen LogP contribution is -3.00. The first-order chi connectivity index (χ1) is 14.9. The van der Waals surface area contributed by atoms with E-state index in [1.165, 1.54) is 17.2 Å². The van der Waals surface area contributed by atoms with Gasteiger partial charge >= 0.3 is 12.1 Å². The summed E-state index contributed by atoms with van der Waals surface area (Å²) in [5.41, 5.74) is 6.82. The van der Waals surface area contributed by atoms with Crippen LogP contribution in [0.5, 0.6) is 0 Å². The Hall–Kier alpha value is -3.57. The summed E-state index contributed by atoms with van der Waals surface area (Å²) >= 11 is 0. The van der Waals surface area contributed by atoms with Gasteiger partial charge in [-0.2, -0.15) is 0 Å². The first kappa shape index (κ1) is 25.7. The molecule has 10 nitrogen and oxygen atoms in total. The minimum absolute atomic E-state index is 0. The first-order valence-electron chi connectivity index (χ1n) is 9.35. The van der Waals surface area contributed by atoms with Crippen LogP contribution in [0.4, 0.5) is 14.9 Å². The van der Waals surface area contributed by atoms with Crippen molar-refractivity contribution in [3.05, 3.63) is 48.2 Å². The van der Waals surface area contributed by atoms with Gasteiger partial charge in [0.25, 0.3) is 5.89 Å². The molecule has 0 bridgehead atoms. The molecule has 1 amide bonds. The van der Waals surface area contributed by atoms with Crippen LogP contribution in [0, 0.1) is 12.7 Å². The van der Waals surface area contributed by atoms with Crippen molar-refractivity contribution in [2.45, 2.75) is 20.5 Å². The number of ether oxygens (including phenoxy) is 2. The highest BCUT2D eigenvalue weighted by atomic mass is 35.5. The normalized spacial score (nSPS) is 14.8. The molecular weight excluding hydrogens is 457 g/mol. The Morgan fingerprint density at radius 3 is 2.70 bits per heavy atom. The highest BCUT2D eigenvalue weighted by Crippen LogP contribution is 2.29. The second kappa shape index (κ2) is 10.8. The number of benzene rings is 1. The zero-order valence-electron chi connectivity index (χ0n) is 16.8. The number of carbonyl (C=O) groups excluding carboxylic acids is 2. The van der Waals surface area contributed by atoms with Gasteiger partial charge in [-0.05, 0) is 24.3 Å². The van der Waals surface area contributed by atoms with E-state index < -0.39 is 24.0 Å². The third kappa shape index (κ3) is 5.62. The Bertz CT molecular complexity index is 1120. The molecule has 1 atom stereocenters. The van der Waals surface area contributed by atoms with Gasteiger partial charge in [0.2, 0.25) is 5.89 Å². The highest BCUT2D eigenvalue weighted by Gasteiger charge is 2.33. The van der Waals surface area contributed by atoms with E-state index in [-0.39, 0.29) is 45.4 Å². The number of halogens is 2. The minimum atomic E-state index is -0.657. The molecule has 3 heterocycles. The fourth-order valence-electron chi connectivity index (χ4n) is 3.05. The van der Waals surface area contributed by atoms with Crippen LogP contribution in [0.2, 0.25) is 0 Å². The van der Waals surface area contributed by atoms with Crippen molar-refractivity contribution in [3.8, 4) is 22.7 Å². The number of carbonyl (C=O) groups is 2. The van der Waals surface area contributed by atoms with Gasteiger partial charge in [0.15, 0.2) is 6.10 Å². The lowest BCUT2D eigenvalue weighted by atomic mass is 10.1. The number of hydrogen-bond acceptors (Lipinski definition) is 9. The number of nitrogens with two attached hydrogens (primary N) is 1. The molecule has 2 aromatic heterocycles. The van der Waals surface area contributed by atoms with Crippen molar-refractivity contribution in [1.82, 2.24) is 15.2 Å². The summed E-state index contributed by atoms with van der Waals surface area (Å²) in [5.74, 6) is -0.438. The molecule has 3 aromatic rings. The molecular formula is C21H22ClFN5O5-. The zero-order chi connectivity index (χ0) is 22.0. The summed E-state index contributed by atoms with van der Waals surface area (Å²) < 4.78 is 30.2. The SMILES string of the molecule is C.Cc1nnc(-c2ccc(-c3ccc(N4C[C@H](COC(=O)CN)OC4=O)cc3F)cn2)o1.[Cl-]. The largest absolute Gasteiger partial charge is 1.00 e. The summed E-state index contributed by atoms with van der Waals surface area (Å²) in [5, 5.41) is 7.65. The van der Waals surface area contributed by atoms with Crippen LogP contribution in [-0.4, -0.2) is 53.0 Å². The minimum Gasteiger partial charge on any atom is -1.00 e. The van der Waals surface area contributed by atoms with E-state index in [0.29, 0.717) is 28.4 Å². The second-order valence-electron chi connectivity index (χ2n) is 6.73. The van der Waals surface area contributed by atoms with E-state index in [1.807, 2.05) is 0 Å². The molecule has 0 unspecified atom stereocenters. The molecule has 0 spiro atoms. The maximum Gasteiger partial charge on any atom is 0.414 e. The third-order valence-corrected chi connectivity index (χ3v) is 4.55. The molecule has 1 aliphatic heterocycles. The van der Waals surface area contributed by atoms with Gasteiger partial charge in [-0.15, -0.1) is 10.2 Å². The Labute approximate surface area is 195 Å². The standard InChI is InChI=1S/C20H18FN5O5.CH4.ClH/c1-11-24-25-19(30-11)17-5-2-12(8-23-17)15-4-3-13(6-16(15)21)26-9-14(31-20(26)28)10-29-18(27)7-22;;/h2-6,8,14H,7,9-10,22H2,1H3;1H4;1H/p-1/t14-;;/m1../s1. The molecule has 0 radical (unpaired) electrons. The summed E-state index contributed by atoms with van der Waals surface area (Å²) in [4.78, 5) is 28.8. The third-order valence-electron chi connectivity index (χ3n) is 4.55. The van der Waals surface area contributed by atoms with E-state index in [0.717, 1.165) is 0 Å². The van der Waals surface area contributed by atoms with Gasteiger partial charge in [-0.3, -0.25) is 14.7 Å². The number of aromatic nitrogens is 3.